The van der Waals surface area contributed by atoms with Crippen molar-refractivity contribution in [2.24, 2.45) is 0 Å². The highest BCUT2D eigenvalue weighted by molar-refractivity contribution is 5.72. The number of carbonyl (C=O) groups is 3. The summed E-state index contributed by atoms with van der Waals surface area (Å²) < 4.78 is 17.3. The predicted molar refractivity (Wildman–Crippen MR) is 248 cm³/mol. The highest BCUT2D eigenvalue weighted by Crippen LogP contribution is 2.17. The van der Waals surface area contributed by atoms with Crippen LogP contribution in [0.5, 0.6) is 0 Å². The number of rotatable bonds is 46. The molecule has 1 N–H and O–H groups in total. The smallest absolute Gasteiger partial charge is 0.362 e. The zero-order chi connectivity index (χ0) is 43.5. The summed E-state index contributed by atoms with van der Waals surface area (Å²) in [7, 11) is 5.54. The first-order valence-electron chi connectivity index (χ1n) is 25.2. The number of likely N-dealkylation sites (N-methyl/N-ethyl adjacent to an activating group) is 1. The molecule has 0 saturated heterocycles. The molecule has 0 aromatic rings. The molecule has 0 aliphatic heterocycles. The Kier molecular flexibility index (Phi) is 41.3. The van der Waals surface area contributed by atoms with Crippen LogP contribution in [0.4, 0.5) is 0 Å². The third kappa shape index (κ3) is 41.2. The second-order valence-corrected chi connectivity index (χ2v) is 18.4. The van der Waals surface area contributed by atoms with E-state index in [-0.39, 0.29) is 36.2 Å². The van der Waals surface area contributed by atoms with Crippen LogP contribution in [0.1, 0.15) is 245 Å². The Balaban J connectivity index is 4.16. The topological polar surface area (TPSA) is 99.1 Å². The fourth-order valence-electron chi connectivity index (χ4n) is 7.74. The number of carboxylic acids is 1. The molecule has 0 fully saturated rings. The summed E-state index contributed by atoms with van der Waals surface area (Å²) in [5.74, 6) is -1.47. The highest BCUT2D eigenvalue weighted by Gasteiger charge is 2.31. The van der Waals surface area contributed by atoms with E-state index in [1.165, 1.54) is 161 Å². The van der Waals surface area contributed by atoms with Crippen LogP contribution in [0.25, 0.3) is 0 Å². The van der Waals surface area contributed by atoms with Gasteiger partial charge in [-0.15, -0.1) is 0 Å². The van der Waals surface area contributed by atoms with Gasteiger partial charge in [-0.05, 0) is 38.5 Å². The lowest BCUT2D eigenvalue weighted by Gasteiger charge is -2.31. The van der Waals surface area contributed by atoms with E-state index in [1.807, 2.05) is 21.1 Å². The first-order valence-corrected chi connectivity index (χ1v) is 25.2. The maximum absolute atomic E-state index is 12.7. The number of carboxylic acid groups (broad SMARTS) is 1. The molecule has 0 heterocycles. The molecule has 0 bridgehead atoms. The number of esters is 2. The molecule has 0 saturated carbocycles. The molecule has 8 heteroatoms. The van der Waals surface area contributed by atoms with Gasteiger partial charge in [-0.1, -0.05) is 199 Å². The van der Waals surface area contributed by atoms with Crippen LogP contribution in [-0.4, -0.2) is 80.6 Å². The minimum absolute atomic E-state index is 0.0506. The van der Waals surface area contributed by atoms with E-state index in [4.69, 9.17) is 14.2 Å². The van der Waals surface area contributed by atoms with Gasteiger partial charge in [0.15, 0.2) is 12.1 Å². The number of allylic oxidation sites excluding steroid dienone is 2. The van der Waals surface area contributed by atoms with E-state index >= 15 is 0 Å². The average molecular weight is 837 g/mol. The molecule has 0 rings (SSSR count). The standard InChI is InChI=1S/C51H97NO7/c1-6-8-10-12-14-16-18-20-21-22-23-24-25-26-27-28-30-31-33-35-37-39-41-49(53)58-46-47(45-57-44-43-48(51(55)56)52(3,4)5)59-50(54)42-40-38-36-34-32-29-19-17-15-13-11-9-7-2/h29,32,47-48H,6-28,30-31,33-46H2,1-5H3/p+1/b32-29+. The monoisotopic (exact) mass is 837 g/mol. The van der Waals surface area contributed by atoms with Gasteiger partial charge in [0.1, 0.15) is 6.61 Å². The normalized spacial score (nSPS) is 12.9. The van der Waals surface area contributed by atoms with Crippen molar-refractivity contribution in [1.29, 1.82) is 0 Å². The number of nitrogens with zero attached hydrogens (tertiary/aromatic N) is 1. The zero-order valence-corrected chi connectivity index (χ0v) is 39.7. The number of unbranched alkanes of at least 4 members (excludes halogenated alkanes) is 30. The van der Waals surface area contributed by atoms with Gasteiger partial charge in [-0.25, -0.2) is 4.79 Å². The predicted octanol–water partition coefficient (Wildman–Crippen LogP) is 14.3. The van der Waals surface area contributed by atoms with Crippen molar-refractivity contribution >= 4 is 17.9 Å². The van der Waals surface area contributed by atoms with Crippen molar-refractivity contribution in [2.75, 3.05) is 41.0 Å². The highest BCUT2D eigenvalue weighted by atomic mass is 16.6. The van der Waals surface area contributed by atoms with Gasteiger partial charge < -0.3 is 23.8 Å². The Labute approximate surface area is 365 Å². The van der Waals surface area contributed by atoms with E-state index in [2.05, 4.69) is 26.0 Å². The average Bonchev–Trinajstić information content (AvgIpc) is 3.19. The van der Waals surface area contributed by atoms with Crippen LogP contribution in [0.3, 0.4) is 0 Å². The molecule has 8 nitrogen and oxygen atoms in total. The van der Waals surface area contributed by atoms with Crippen molar-refractivity contribution in [3.05, 3.63) is 12.2 Å². The molecule has 2 unspecified atom stereocenters. The minimum atomic E-state index is -0.873. The molecular formula is C51H98NO7+. The third-order valence-electron chi connectivity index (χ3n) is 11.7. The van der Waals surface area contributed by atoms with Gasteiger partial charge >= 0.3 is 17.9 Å². The van der Waals surface area contributed by atoms with E-state index in [0.717, 1.165) is 51.4 Å². The second-order valence-electron chi connectivity index (χ2n) is 18.4. The van der Waals surface area contributed by atoms with Crippen molar-refractivity contribution in [3.63, 3.8) is 0 Å². The Morgan fingerprint density at radius 3 is 1.24 bits per heavy atom. The fraction of sp³-hybridized carbons (Fsp3) is 0.902. The SMILES string of the molecule is CCCCCCCC/C=C/CCCCCC(=O)OC(COCCC(C(=O)O)[N+](C)(C)C)COC(=O)CCCCCCCCCCCCCCCCCCCCCCCC. The summed E-state index contributed by atoms with van der Waals surface area (Å²) in [5, 5.41) is 9.63. The maximum Gasteiger partial charge on any atom is 0.362 e. The molecule has 2 atom stereocenters. The molecule has 0 aliphatic rings. The largest absolute Gasteiger partial charge is 0.477 e. The summed E-state index contributed by atoms with van der Waals surface area (Å²) >= 11 is 0. The van der Waals surface area contributed by atoms with Crippen LogP contribution < -0.4 is 0 Å². The van der Waals surface area contributed by atoms with Crippen molar-refractivity contribution in [3.8, 4) is 0 Å². The molecule has 59 heavy (non-hydrogen) atoms. The summed E-state index contributed by atoms with van der Waals surface area (Å²) in [4.78, 5) is 37.1. The lowest BCUT2D eigenvalue weighted by molar-refractivity contribution is -0.887. The molecule has 0 aromatic heterocycles. The summed E-state index contributed by atoms with van der Waals surface area (Å²) in [5.41, 5.74) is 0. The van der Waals surface area contributed by atoms with Gasteiger partial charge in [0.25, 0.3) is 0 Å². The first-order chi connectivity index (χ1) is 28.6. The van der Waals surface area contributed by atoms with Gasteiger partial charge in [0, 0.05) is 19.3 Å². The van der Waals surface area contributed by atoms with Crippen LogP contribution >= 0.6 is 0 Å². The van der Waals surface area contributed by atoms with Crippen LogP contribution in [-0.2, 0) is 28.6 Å². The van der Waals surface area contributed by atoms with Crippen molar-refractivity contribution in [1.82, 2.24) is 0 Å². The van der Waals surface area contributed by atoms with Crippen LogP contribution in [0.2, 0.25) is 0 Å². The molecule has 0 radical (unpaired) electrons. The van der Waals surface area contributed by atoms with Gasteiger partial charge in [0.2, 0.25) is 0 Å². The number of quaternary nitrogens is 1. The van der Waals surface area contributed by atoms with E-state index in [1.54, 1.807) is 0 Å². The van der Waals surface area contributed by atoms with Crippen LogP contribution in [0, 0.1) is 0 Å². The zero-order valence-electron chi connectivity index (χ0n) is 39.7. The van der Waals surface area contributed by atoms with Crippen molar-refractivity contribution < 1.29 is 38.2 Å². The van der Waals surface area contributed by atoms with Gasteiger partial charge in [0.05, 0.1) is 34.4 Å². The quantitative estimate of drug-likeness (QED) is 0.0282. The van der Waals surface area contributed by atoms with Crippen molar-refractivity contribution in [2.45, 2.75) is 257 Å². The third-order valence-corrected chi connectivity index (χ3v) is 11.7. The maximum atomic E-state index is 12.7. The molecule has 348 valence electrons. The van der Waals surface area contributed by atoms with E-state index in [9.17, 15) is 19.5 Å². The van der Waals surface area contributed by atoms with Crippen LogP contribution in [0.15, 0.2) is 12.2 Å². The minimum Gasteiger partial charge on any atom is -0.477 e. The summed E-state index contributed by atoms with van der Waals surface area (Å²) in [6.07, 6.45) is 46.9. The Bertz CT molecular complexity index is 978. The fourth-order valence-corrected chi connectivity index (χ4v) is 7.74. The Morgan fingerprint density at radius 2 is 0.847 bits per heavy atom. The van der Waals surface area contributed by atoms with E-state index < -0.39 is 18.1 Å². The molecule has 0 aromatic carbocycles. The Morgan fingerprint density at radius 1 is 0.492 bits per heavy atom. The number of carbonyl (C=O) groups excluding carboxylic acids is 2. The van der Waals surface area contributed by atoms with Gasteiger partial charge in [-0.2, -0.15) is 0 Å². The summed E-state index contributed by atoms with van der Waals surface area (Å²) in [6, 6.07) is -0.613. The van der Waals surface area contributed by atoms with Gasteiger partial charge in [-0.3, -0.25) is 9.59 Å². The summed E-state index contributed by atoms with van der Waals surface area (Å²) in [6.45, 7) is 4.75. The second kappa shape index (κ2) is 42.7. The number of ether oxygens (including phenoxy) is 3. The van der Waals surface area contributed by atoms with E-state index in [0.29, 0.717) is 19.3 Å². The number of aliphatic carboxylic acids is 1. The first kappa shape index (κ1) is 57.1. The molecular weight excluding hydrogens is 739 g/mol. The number of hydrogen-bond acceptors (Lipinski definition) is 6. The molecule has 0 amide bonds. The lowest BCUT2D eigenvalue weighted by atomic mass is 10.0. The molecule has 0 spiro atoms. The number of hydrogen-bond donors (Lipinski definition) is 1. The Hall–Kier alpha value is -1.93. The lowest BCUT2D eigenvalue weighted by Crippen LogP contribution is -2.50. The molecule has 0 aliphatic carbocycles.